The zero-order valence-corrected chi connectivity index (χ0v) is 19.9. The number of nitrogens with one attached hydrogen (secondary N) is 3. The number of Topliss-reactive ketones (excluding diaryl/α,β-unsaturated/α-hetero) is 1. The molecule has 1 amide bonds. The maximum atomic E-state index is 12.8. The zero-order chi connectivity index (χ0) is 25.1. The lowest BCUT2D eigenvalue weighted by atomic mass is 10.2. The van der Waals surface area contributed by atoms with E-state index in [4.69, 9.17) is 5.41 Å². The third-order valence-electron chi connectivity index (χ3n) is 5.31. The number of hydrogen-bond donors (Lipinski definition) is 3. The first-order valence-electron chi connectivity index (χ1n) is 11.2. The summed E-state index contributed by atoms with van der Waals surface area (Å²) in [5, 5.41) is 22.4. The van der Waals surface area contributed by atoms with Crippen LogP contribution in [0.1, 0.15) is 38.8 Å². The van der Waals surface area contributed by atoms with Crippen LogP contribution in [-0.4, -0.2) is 63.7 Å². The van der Waals surface area contributed by atoms with Gasteiger partial charge >= 0.3 is 0 Å². The first-order chi connectivity index (χ1) is 16.3. The van der Waals surface area contributed by atoms with Crippen molar-refractivity contribution in [2.24, 2.45) is 0 Å². The number of ketones is 1. The number of likely N-dealkylation sites (N-methyl/N-ethyl adjacent to an activating group) is 1. The summed E-state index contributed by atoms with van der Waals surface area (Å²) < 4.78 is 1.25. The van der Waals surface area contributed by atoms with Crippen LogP contribution >= 0.6 is 0 Å². The lowest BCUT2D eigenvalue weighted by molar-refractivity contribution is -0.128. The van der Waals surface area contributed by atoms with Crippen molar-refractivity contribution in [1.29, 1.82) is 5.41 Å². The molecule has 0 radical (unpaired) electrons. The summed E-state index contributed by atoms with van der Waals surface area (Å²) in [6.45, 7) is 6.45. The Bertz CT molecular complexity index is 1070. The van der Waals surface area contributed by atoms with Crippen molar-refractivity contribution in [2.75, 3.05) is 31.5 Å². The van der Waals surface area contributed by atoms with E-state index >= 15 is 0 Å². The van der Waals surface area contributed by atoms with Crippen molar-refractivity contribution in [2.45, 2.75) is 39.8 Å². The van der Waals surface area contributed by atoms with Gasteiger partial charge in [-0.1, -0.05) is 44.2 Å². The topological polar surface area (TPSA) is 142 Å². The van der Waals surface area contributed by atoms with E-state index in [0.717, 1.165) is 5.56 Å². The number of rotatable bonds is 14. The number of nitrogens with zero attached hydrogens (tertiary/aromatic N) is 4. The molecule has 0 aliphatic carbocycles. The van der Waals surface area contributed by atoms with Crippen molar-refractivity contribution in [3.63, 3.8) is 0 Å². The molecule has 0 bridgehead atoms. The van der Waals surface area contributed by atoms with Crippen LogP contribution < -0.4 is 16.2 Å². The minimum Gasteiger partial charge on any atom is -0.805 e. The molecule has 0 spiro atoms. The van der Waals surface area contributed by atoms with Crippen LogP contribution in [0.15, 0.2) is 47.5 Å². The maximum absolute atomic E-state index is 12.8. The van der Waals surface area contributed by atoms with E-state index in [0.29, 0.717) is 19.5 Å². The molecule has 1 aromatic carbocycles. The van der Waals surface area contributed by atoms with E-state index in [9.17, 15) is 19.8 Å². The summed E-state index contributed by atoms with van der Waals surface area (Å²) >= 11 is 0. The Labute approximate surface area is 199 Å². The van der Waals surface area contributed by atoms with E-state index in [2.05, 4.69) is 15.6 Å². The third kappa shape index (κ3) is 7.73. The lowest BCUT2D eigenvalue weighted by Gasteiger charge is -2.21. The number of amides is 1. The highest BCUT2D eigenvalue weighted by molar-refractivity contribution is 6.42. The molecule has 10 heteroatoms. The summed E-state index contributed by atoms with van der Waals surface area (Å²) in [5.41, 5.74) is 0.333. The summed E-state index contributed by atoms with van der Waals surface area (Å²) in [6, 6.07) is 9.03. The summed E-state index contributed by atoms with van der Waals surface area (Å²) in [5.74, 6) is -0.610. The second-order valence-corrected chi connectivity index (χ2v) is 7.88. The lowest BCUT2D eigenvalue weighted by Crippen LogP contribution is -2.42. The minimum atomic E-state index is -0.822. The Morgan fingerprint density at radius 2 is 1.91 bits per heavy atom. The number of hydrogen-bond acceptors (Lipinski definition) is 7. The fraction of sp³-hybridized carbons (Fsp3) is 0.417. The van der Waals surface area contributed by atoms with Crippen molar-refractivity contribution in [3.8, 4) is 0 Å². The molecule has 1 unspecified atom stereocenters. The highest BCUT2D eigenvalue weighted by atomic mass is 16.2. The SMILES string of the molecule is CCC(C(=O)NCC(=O)CN(CC)Cc1ccccc1)n1ccnc(NCC(=[N-])C(C)=N)c1=O. The van der Waals surface area contributed by atoms with Crippen LogP contribution in [0.5, 0.6) is 0 Å². The van der Waals surface area contributed by atoms with Gasteiger partial charge in [-0.25, -0.2) is 4.98 Å². The molecule has 1 aromatic heterocycles. The Kier molecular flexibility index (Phi) is 10.3. The number of carbonyl (C=O) groups is 2. The molecule has 3 N–H and O–H groups in total. The molecule has 2 aromatic rings. The van der Waals surface area contributed by atoms with Gasteiger partial charge in [0.1, 0.15) is 6.04 Å². The highest BCUT2D eigenvalue weighted by Gasteiger charge is 2.22. The summed E-state index contributed by atoms with van der Waals surface area (Å²) in [7, 11) is 0. The molecule has 0 aliphatic rings. The molecule has 1 atom stereocenters. The molecule has 0 fully saturated rings. The van der Waals surface area contributed by atoms with Gasteiger partial charge in [0.15, 0.2) is 11.6 Å². The van der Waals surface area contributed by atoms with Crippen LogP contribution in [-0.2, 0) is 16.1 Å². The predicted molar refractivity (Wildman–Crippen MR) is 133 cm³/mol. The highest BCUT2D eigenvalue weighted by Crippen LogP contribution is 2.10. The number of benzene rings is 1. The zero-order valence-electron chi connectivity index (χ0n) is 19.9. The first kappa shape index (κ1) is 26.6. The third-order valence-corrected chi connectivity index (χ3v) is 5.31. The van der Waals surface area contributed by atoms with Crippen LogP contribution in [0.25, 0.3) is 5.41 Å². The molecule has 0 saturated carbocycles. The van der Waals surface area contributed by atoms with Crippen LogP contribution in [0.2, 0.25) is 0 Å². The van der Waals surface area contributed by atoms with Gasteiger partial charge in [-0.15, -0.1) is 5.71 Å². The minimum absolute atomic E-state index is 0.0235. The van der Waals surface area contributed by atoms with Crippen LogP contribution in [0.4, 0.5) is 5.82 Å². The van der Waals surface area contributed by atoms with Gasteiger partial charge in [0.2, 0.25) is 5.91 Å². The van der Waals surface area contributed by atoms with Gasteiger partial charge in [-0.3, -0.25) is 23.9 Å². The van der Waals surface area contributed by atoms with Gasteiger partial charge in [0.25, 0.3) is 5.56 Å². The van der Waals surface area contributed by atoms with Crippen molar-refractivity contribution < 1.29 is 9.59 Å². The summed E-state index contributed by atoms with van der Waals surface area (Å²) in [4.78, 5) is 44.0. The monoisotopic (exact) mass is 466 g/mol. The second kappa shape index (κ2) is 13.1. The molecular formula is C24H32N7O3-. The fourth-order valence-corrected chi connectivity index (χ4v) is 3.33. The van der Waals surface area contributed by atoms with Crippen molar-refractivity contribution >= 4 is 28.9 Å². The molecule has 1 heterocycles. The standard InChI is InChI=1S/C24H32N7O3/c1-4-21(31-12-11-27-22(24(31)34)28-14-20(26)17(3)25)23(33)29-13-19(32)16-30(5-2)15-18-9-7-6-8-10-18/h6-12,21,25H,4-5,13-16H2,1-3H3,(H,27,28)(H,29,33)/q-1. The van der Waals surface area contributed by atoms with Crippen LogP contribution in [0.3, 0.4) is 0 Å². The summed E-state index contributed by atoms with van der Waals surface area (Å²) in [6.07, 6.45) is 3.12. The Balaban J connectivity index is 1.98. The van der Waals surface area contributed by atoms with E-state index in [1.54, 1.807) is 6.92 Å². The quantitative estimate of drug-likeness (QED) is 0.363. The van der Waals surface area contributed by atoms with Gasteiger partial charge in [-0.05, 0) is 25.5 Å². The van der Waals surface area contributed by atoms with Gasteiger partial charge in [0, 0.05) is 31.2 Å². The van der Waals surface area contributed by atoms with Gasteiger partial charge < -0.3 is 21.5 Å². The van der Waals surface area contributed by atoms with Gasteiger partial charge in [0.05, 0.1) is 13.1 Å². The van der Waals surface area contributed by atoms with E-state index in [1.165, 1.54) is 23.9 Å². The largest absolute Gasteiger partial charge is 0.805 e. The Morgan fingerprint density at radius 3 is 2.53 bits per heavy atom. The molecule has 10 nitrogen and oxygen atoms in total. The Hall–Kier alpha value is -3.66. The van der Waals surface area contributed by atoms with E-state index in [-0.39, 0.29) is 42.7 Å². The molecule has 2 rings (SSSR count). The Morgan fingerprint density at radius 1 is 1.21 bits per heavy atom. The number of carbonyl (C=O) groups excluding carboxylic acids is 2. The molecule has 34 heavy (non-hydrogen) atoms. The van der Waals surface area contributed by atoms with E-state index < -0.39 is 17.5 Å². The van der Waals surface area contributed by atoms with Crippen molar-refractivity contribution in [1.82, 2.24) is 19.8 Å². The average molecular weight is 467 g/mol. The van der Waals surface area contributed by atoms with Gasteiger partial charge in [-0.2, -0.15) is 0 Å². The van der Waals surface area contributed by atoms with Crippen LogP contribution in [0, 0.1) is 5.41 Å². The molecule has 182 valence electrons. The maximum Gasteiger partial charge on any atom is 0.294 e. The molecule has 0 aliphatic heterocycles. The predicted octanol–water partition coefficient (Wildman–Crippen LogP) is 1.86. The number of anilines is 1. The average Bonchev–Trinajstić information content (AvgIpc) is 2.83. The first-order valence-corrected chi connectivity index (χ1v) is 11.2. The van der Waals surface area contributed by atoms with Crippen molar-refractivity contribution in [3.05, 3.63) is 64.1 Å². The molecular weight excluding hydrogens is 434 g/mol. The molecule has 0 saturated heterocycles. The number of aromatic nitrogens is 2. The smallest absolute Gasteiger partial charge is 0.294 e. The van der Waals surface area contributed by atoms with E-state index in [1.807, 2.05) is 42.2 Å². The fourth-order valence-electron chi connectivity index (χ4n) is 3.33. The normalized spacial score (nSPS) is 11.6. The second-order valence-electron chi connectivity index (χ2n) is 7.88.